The van der Waals surface area contributed by atoms with Crippen LogP contribution >= 0.6 is 11.3 Å². The molecule has 1 fully saturated rings. The first-order valence-electron chi connectivity index (χ1n) is 7.58. The van der Waals surface area contributed by atoms with Crippen LogP contribution in [0.3, 0.4) is 0 Å². The lowest BCUT2D eigenvalue weighted by Gasteiger charge is -2.24. The maximum atomic E-state index is 10.7. The second kappa shape index (κ2) is 6.36. The maximum absolute atomic E-state index is 10.7. The lowest BCUT2D eigenvalue weighted by atomic mass is 10.1. The fourth-order valence-electron chi connectivity index (χ4n) is 2.83. The van der Waals surface area contributed by atoms with Gasteiger partial charge in [0.15, 0.2) is 0 Å². The van der Waals surface area contributed by atoms with Crippen molar-refractivity contribution in [1.29, 1.82) is 0 Å². The third kappa shape index (κ3) is 3.66. The summed E-state index contributed by atoms with van der Waals surface area (Å²) in [6.45, 7) is 6.69. The first kappa shape index (κ1) is 15.5. The molecule has 1 saturated heterocycles. The van der Waals surface area contributed by atoms with Crippen molar-refractivity contribution in [2.45, 2.75) is 32.4 Å². The number of aryl methyl sites for hydroxylation is 2. The second-order valence-electron chi connectivity index (χ2n) is 6.10. The van der Waals surface area contributed by atoms with E-state index in [1.54, 1.807) is 11.3 Å². The van der Waals surface area contributed by atoms with Gasteiger partial charge in [0.25, 0.3) is 0 Å². The topological polar surface area (TPSA) is 45.6 Å². The Bertz CT molecular complexity index is 643. The molecule has 1 aromatic heterocycles. The number of nitrogens with zero attached hydrogens (tertiary/aromatic N) is 2. The van der Waals surface area contributed by atoms with Gasteiger partial charge in [0, 0.05) is 25.0 Å². The molecule has 1 N–H and O–H groups in total. The minimum Gasteiger partial charge on any atom is -0.490 e. The lowest BCUT2D eigenvalue weighted by Crippen LogP contribution is -2.39. The molecular formula is C17H22N2O2S. The van der Waals surface area contributed by atoms with Crippen LogP contribution in [-0.4, -0.2) is 40.3 Å². The van der Waals surface area contributed by atoms with Gasteiger partial charge < -0.3 is 9.84 Å². The summed E-state index contributed by atoms with van der Waals surface area (Å²) < 4.78 is 5.84. The average Bonchev–Trinajstić information content (AvgIpc) is 3.05. The van der Waals surface area contributed by atoms with Crippen molar-refractivity contribution in [2.75, 3.05) is 19.7 Å². The number of likely N-dealkylation sites (tertiary alicyclic amines) is 1. The zero-order valence-electron chi connectivity index (χ0n) is 13.1. The predicted octanol–water partition coefficient (Wildman–Crippen LogP) is 2.78. The monoisotopic (exact) mass is 318 g/mol. The molecule has 0 spiro atoms. The molecule has 0 saturated carbocycles. The van der Waals surface area contributed by atoms with E-state index in [2.05, 4.69) is 15.3 Å². The molecule has 2 heterocycles. The summed E-state index contributed by atoms with van der Waals surface area (Å²) in [5.74, 6) is 0.851. The Balaban J connectivity index is 1.55. The summed E-state index contributed by atoms with van der Waals surface area (Å²) in [5.41, 5.74) is 1.42. The highest BCUT2D eigenvalue weighted by Crippen LogP contribution is 2.25. The van der Waals surface area contributed by atoms with Gasteiger partial charge in [-0.05, 0) is 31.9 Å². The molecule has 0 bridgehead atoms. The summed E-state index contributed by atoms with van der Waals surface area (Å²) in [5, 5.41) is 13.9. The van der Waals surface area contributed by atoms with E-state index < -0.39 is 5.60 Å². The van der Waals surface area contributed by atoms with Crippen molar-refractivity contribution in [3.63, 3.8) is 0 Å². The smallest absolute Gasteiger partial charge is 0.122 e. The van der Waals surface area contributed by atoms with Crippen LogP contribution in [0, 0.1) is 13.8 Å². The Hall–Kier alpha value is -1.43. The molecule has 1 atom stereocenters. The van der Waals surface area contributed by atoms with Crippen LogP contribution in [-0.2, 0) is 6.54 Å². The molecule has 1 aliphatic rings. The molecular weight excluding hydrogens is 296 g/mol. The molecule has 3 rings (SSSR count). The van der Waals surface area contributed by atoms with Crippen molar-refractivity contribution in [3.8, 4) is 5.75 Å². The van der Waals surface area contributed by atoms with Crippen molar-refractivity contribution in [2.24, 2.45) is 0 Å². The number of aliphatic hydroxyl groups is 1. The second-order valence-corrected chi connectivity index (χ2v) is 7.16. The van der Waals surface area contributed by atoms with E-state index in [9.17, 15) is 5.11 Å². The SMILES string of the molecule is Cc1nc(CN2CCC(O)(COc3ccccc3C)C2)cs1. The Kier molecular flexibility index (Phi) is 4.47. The number of hydrogen-bond donors (Lipinski definition) is 1. The van der Waals surface area contributed by atoms with Crippen LogP contribution in [0.5, 0.6) is 5.75 Å². The lowest BCUT2D eigenvalue weighted by molar-refractivity contribution is 0.00313. The fourth-order valence-corrected chi connectivity index (χ4v) is 3.44. The number of β-amino-alcohol motifs (C(OH)–C–C–N with tert-alkyl or cyclic N) is 1. The van der Waals surface area contributed by atoms with E-state index in [0.29, 0.717) is 13.2 Å². The number of thiazole rings is 1. The molecule has 22 heavy (non-hydrogen) atoms. The molecule has 1 unspecified atom stereocenters. The number of benzene rings is 1. The Morgan fingerprint density at radius 2 is 2.18 bits per heavy atom. The van der Waals surface area contributed by atoms with E-state index in [4.69, 9.17) is 4.74 Å². The van der Waals surface area contributed by atoms with Gasteiger partial charge in [0.05, 0.1) is 10.7 Å². The minimum atomic E-state index is -0.770. The summed E-state index contributed by atoms with van der Waals surface area (Å²) >= 11 is 1.67. The molecule has 0 aliphatic carbocycles. The molecule has 1 aliphatic heterocycles. The number of hydrogen-bond acceptors (Lipinski definition) is 5. The summed E-state index contributed by atoms with van der Waals surface area (Å²) in [6.07, 6.45) is 0.738. The van der Waals surface area contributed by atoms with E-state index >= 15 is 0 Å². The molecule has 4 nitrogen and oxygen atoms in total. The quantitative estimate of drug-likeness (QED) is 0.921. The largest absolute Gasteiger partial charge is 0.490 e. The highest BCUT2D eigenvalue weighted by Gasteiger charge is 2.37. The normalized spacial score (nSPS) is 22.1. The van der Waals surface area contributed by atoms with Crippen molar-refractivity contribution < 1.29 is 9.84 Å². The van der Waals surface area contributed by atoms with Gasteiger partial charge in [0.1, 0.15) is 18.0 Å². The molecule has 5 heteroatoms. The zero-order valence-corrected chi connectivity index (χ0v) is 13.9. The van der Waals surface area contributed by atoms with Gasteiger partial charge in [0.2, 0.25) is 0 Å². The first-order valence-corrected chi connectivity index (χ1v) is 8.46. The number of ether oxygens (including phenoxy) is 1. The number of para-hydroxylation sites is 1. The summed E-state index contributed by atoms with van der Waals surface area (Å²) in [6, 6.07) is 7.91. The Morgan fingerprint density at radius 1 is 1.36 bits per heavy atom. The van der Waals surface area contributed by atoms with Gasteiger partial charge in [-0.2, -0.15) is 0 Å². The minimum absolute atomic E-state index is 0.338. The van der Waals surface area contributed by atoms with Gasteiger partial charge in [-0.3, -0.25) is 4.90 Å². The summed E-state index contributed by atoms with van der Waals surface area (Å²) in [4.78, 5) is 6.74. The van der Waals surface area contributed by atoms with Crippen molar-refractivity contribution in [3.05, 3.63) is 45.9 Å². The van der Waals surface area contributed by atoms with E-state index in [0.717, 1.165) is 41.5 Å². The fraction of sp³-hybridized carbons (Fsp3) is 0.471. The van der Waals surface area contributed by atoms with Crippen LogP contribution in [0.1, 0.15) is 22.7 Å². The van der Waals surface area contributed by atoms with Crippen LogP contribution in [0.4, 0.5) is 0 Å². The summed E-state index contributed by atoms with van der Waals surface area (Å²) in [7, 11) is 0. The molecule has 0 radical (unpaired) electrons. The number of rotatable bonds is 5. The number of aromatic nitrogens is 1. The van der Waals surface area contributed by atoms with E-state index in [-0.39, 0.29) is 0 Å². The molecule has 1 aromatic carbocycles. The Morgan fingerprint density at radius 3 is 2.91 bits per heavy atom. The highest BCUT2D eigenvalue weighted by molar-refractivity contribution is 7.09. The molecule has 2 aromatic rings. The van der Waals surface area contributed by atoms with E-state index in [1.807, 2.05) is 38.1 Å². The van der Waals surface area contributed by atoms with Gasteiger partial charge in [-0.1, -0.05) is 18.2 Å². The van der Waals surface area contributed by atoms with Gasteiger partial charge in [-0.15, -0.1) is 11.3 Å². The average molecular weight is 318 g/mol. The third-order valence-corrected chi connectivity index (χ3v) is 4.88. The Labute approximate surface area is 135 Å². The van der Waals surface area contributed by atoms with Crippen LogP contribution in [0.25, 0.3) is 0 Å². The first-order chi connectivity index (χ1) is 10.5. The standard InChI is InChI=1S/C17H22N2O2S/c1-13-5-3-4-6-16(13)21-12-17(20)7-8-19(11-17)9-15-10-22-14(2)18-15/h3-6,10,20H,7-9,11-12H2,1-2H3. The van der Waals surface area contributed by atoms with Crippen molar-refractivity contribution >= 4 is 11.3 Å². The van der Waals surface area contributed by atoms with Crippen LogP contribution in [0.15, 0.2) is 29.6 Å². The zero-order chi connectivity index (χ0) is 15.6. The van der Waals surface area contributed by atoms with Crippen LogP contribution in [0.2, 0.25) is 0 Å². The van der Waals surface area contributed by atoms with Crippen molar-refractivity contribution in [1.82, 2.24) is 9.88 Å². The van der Waals surface area contributed by atoms with Gasteiger partial charge in [-0.25, -0.2) is 4.98 Å². The van der Waals surface area contributed by atoms with Crippen LogP contribution < -0.4 is 4.74 Å². The predicted molar refractivity (Wildman–Crippen MR) is 88.4 cm³/mol. The third-order valence-electron chi connectivity index (χ3n) is 4.05. The molecule has 118 valence electrons. The highest BCUT2D eigenvalue weighted by atomic mass is 32.1. The van der Waals surface area contributed by atoms with Gasteiger partial charge >= 0.3 is 0 Å². The van der Waals surface area contributed by atoms with E-state index in [1.165, 1.54) is 0 Å². The molecule has 0 amide bonds. The maximum Gasteiger partial charge on any atom is 0.122 e.